The fourth-order valence-electron chi connectivity index (χ4n) is 5.02. The Labute approximate surface area is 261 Å². The van der Waals surface area contributed by atoms with Crippen LogP contribution in [-0.2, 0) is 20.1 Å². The summed E-state index contributed by atoms with van der Waals surface area (Å²) in [5.41, 5.74) is 7.27. The number of rotatable bonds is 3. The molecule has 0 N–H and O–H groups in total. The fraction of sp³-hybridized carbons (Fsp3) is 0.0278. The molecule has 4 heterocycles. The van der Waals surface area contributed by atoms with E-state index in [0.717, 1.165) is 38.9 Å². The summed E-state index contributed by atoms with van der Waals surface area (Å²) in [5, 5.41) is 1.76. The van der Waals surface area contributed by atoms with Crippen molar-refractivity contribution in [1.29, 1.82) is 0 Å². The van der Waals surface area contributed by atoms with Gasteiger partial charge in [0.15, 0.2) is 5.65 Å². The average Bonchev–Trinajstić information content (AvgIpc) is 3.60. The molecule has 211 valence electrons. The molecule has 7 heteroatoms. The first-order valence-corrected chi connectivity index (χ1v) is 13.5. The number of para-hydroxylation sites is 1. The Kier molecular flexibility index (Phi) is 7.92. The summed E-state index contributed by atoms with van der Waals surface area (Å²) in [4.78, 5) is 13.7. The normalized spacial score (nSPS) is 10.8. The van der Waals surface area contributed by atoms with Crippen LogP contribution in [0.15, 0.2) is 126 Å². The second-order valence-corrected chi connectivity index (χ2v) is 9.73. The Morgan fingerprint density at radius 1 is 0.767 bits per heavy atom. The number of aryl methyl sites for hydroxylation is 1. The molecule has 0 spiro atoms. The molecule has 8 rings (SSSR count). The van der Waals surface area contributed by atoms with Crippen LogP contribution in [-0.4, -0.2) is 19.5 Å². The van der Waals surface area contributed by atoms with Gasteiger partial charge in [0, 0.05) is 49.1 Å². The molecular formula is C36H23FIrN4O-2. The van der Waals surface area contributed by atoms with Gasteiger partial charge in [-0.3, -0.25) is 4.98 Å². The van der Waals surface area contributed by atoms with Crippen LogP contribution in [0.2, 0.25) is 0 Å². The number of nitrogens with zero attached hydrogens (tertiary/aromatic N) is 4. The maximum absolute atomic E-state index is 13.8. The van der Waals surface area contributed by atoms with Gasteiger partial charge >= 0.3 is 0 Å². The van der Waals surface area contributed by atoms with E-state index in [-0.39, 0.29) is 25.9 Å². The molecule has 4 aromatic carbocycles. The summed E-state index contributed by atoms with van der Waals surface area (Å²) >= 11 is 0. The zero-order valence-corrected chi connectivity index (χ0v) is 25.4. The van der Waals surface area contributed by atoms with Crippen molar-refractivity contribution in [1.82, 2.24) is 19.5 Å². The van der Waals surface area contributed by atoms with Gasteiger partial charge in [-0.2, -0.15) is 0 Å². The molecule has 0 aliphatic carbocycles. The van der Waals surface area contributed by atoms with Crippen LogP contribution in [0.4, 0.5) is 4.39 Å². The van der Waals surface area contributed by atoms with Gasteiger partial charge in [0.05, 0.1) is 16.9 Å². The van der Waals surface area contributed by atoms with E-state index < -0.39 is 0 Å². The minimum absolute atomic E-state index is 0. The molecule has 0 fully saturated rings. The number of pyridine rings is 2. The van der Waals surface area contributed by atoms with Crippen molar-refractivity contribution in [2.24, 2.45) is 0 Å². The third kappa shape index (κ3) is 5.48. The minimum Gasteiger partial charge on any atom is -0.500 e. The van der Waals surface area contributed by atoms with Gasteiger partial charge < -0.3 is 14.0 Å². The monoisotopic (exact) mass is 739 g/mol. The van der Waals surface area contributed by atoms with E-state index >= 15 is 0 Å². The minimum atomic E-state index is -0.330. The molecule has 4 aromatic heterocycles. The molecule has 0 amide bonds. The first kappa shape index (κ1) is 28.2. The first-order chi connectivity index (χ1) is 20.7. The molecule has 1 radical (unpaired) electrons. The maximum Gasteiger partial charge on any atom is 0.168 e. The van der Waals surface area contributed by atoms with Gasteiger partial charge in [-0.15, -0.1) is 54.1 Å². The van der Waals surface area contributed by atoms with Crippen molar-refractivity contribution in [3.8, 4) is 28.3 Å². The predicted octanol–water partition coefficient (Wildman–Crippen LogP) is 8.78. The first-order valence-electron chi connectivity index (χ1n) is 13.5. The van der Waals surface area contributed by atoms with Gasteiger partial charge in [-0.05, 0) is 55.1 Å². The summed E-state index contributed by atoms with van der Waals surface area (Å²) < 4.78 is 21.9. The van der Waals surface area contributed by atoms with Crippen LogP contribution < -0.4 is 0 Å². The van der Waals surface area contributed by atoms with Gasteiger partial charge in [-0.25, -0.2) is 9.37 Å². The van der Waals surface area contributed by atoms with Crippen LogP contribution in [0.1, 0.15) is 5.69 Å². The molecule has 0 bridgehead atoms. The quantitative estimate of drug-likeness (QED) is 0.170. The molecule has 43 heavy (non-hydrogen) atoms. The summed E-state index contributed by atoms with van der Waals surface area (Å²) in [6, 6.07) is 42.5. The van der Waals surface area contributed by atoms with Crippen molar-refractivity contribution < 1.29 is 28.9 Å². The van der Waals surface area contributed by atoms with E-state index in [1.165, 1.54) is 12.1 Å². The Bertz CT molecular complexity index is 2120. The standard InChI is InChI=1S/C25H15FN3O.C11H8N.Ir/c1-15-10-13-21-24(27-15)28-25(29(21)17-6-3-2-4-7-17)20-9-5-8-19-18-12-11-16(26)14-22(18)30-23(19)20;1-2-6-10(7-3-1)11-8-4-5-9-12-11;/h2-8,10-14H,1H3;1-6,8-9H;/q2*-1;. The molecule has 8 aromatic rings. The smallest absolute Gasteiger partial charge is 0.168 e. The van der Waals surface area contributed by atoms with Crippen molar-refractivity contribution in [2.45, 2.75) is 6.92 Å². The molecule has 0 saturated heterocycles. The van der Waals surface area contributed by atoms with E-state index in [9.17, 15) is 4.39 Å². The number of benzene rings is 4. The summed E-state index contributed by atoms with van der Waals surface area (Å²) in [5.74, 6) is 0.350. The molecule has 0 aliphatic rings. The molecule has 0 aliphatic heterocycles. The Balaban J connectivity index is 0.000000213. The van der Waals surface area contributed by atoms with Crippen LogP contribution in [0.5, 0.6) is 0 Å². The predicted molar refractivity (Wildman–Crippen MR) is 164 cm³/mol. The average molecular weight is 739 g/mol. The number of imidazole rings is 1. The van der Waals surface area contributed by atoms with Gasteiger partial charge in [0.2, 0.25) is 0 Å². The Morgan fingerprint density at radius 2 is 1.60 bits per heavy atom. The van der Waals surface area contributed by atoms with Crippen LogP contribution >= 0.6 is 0 Å². The summed E-state index contributed by atoms with van der Waals surface area (Å²) in [7, 11) is 0. The Morgan fingerprint density at radius 3 is 2.40 bits per heavy atom. The molecule has 0 saturated carbocycles. The maximum atomic E-state index is 13.8. The van der Waals surface area contributed by atoms with Crippen LogP contribution in [0, 0.1) is 24.9 Å². The van der Waals surface area contributed by atoms with Crippen molar-refractivity contribution >= 4 is 33.1 Å². The molecule has 5 nitrogen and oxygen atoms in total. The van der Waals surface area contributed by atoms with Crippen molar-refractivity contribution in [2.75, 3.05) is 0 Å². The molecule has 0 atom stereocenters. The number of fused-ring (bicyclic) bond motifs is 4. The number of halogens is 1. The van der Waals surface area contributed by atoms with E-state index in [2.05, 4.69) is 26.7 Å². The second-order valence-electron chi connectivity index (χ2n) is 9.73. The van der Waals surface area contributed by atoms with Crippen LogP contribution in [0.3, 0.4) is 0 Å². The SMILES string of the molecule is Cc1ccc2c(n1)nc(-c1[c-]ccc3c1oc1cc(F)ccc13)n2-c1ccccc1.[Ir].[c-]1ccccc1-c1ccccn1. The number of furan rings is 1. The summed E-state index contributed by atoms with van der Waals surface area (Å²) in [6.45, 7) is 1.95. The zero-order chi connectivity index (χ0) is 28.5. The number of hydrogen-bond donors (Lipinski definition) is 0. The van der Waals surface area contributed by atoms with Gasteiger partial charge in [-0.1, -0.05) is 41.3 Å². The summed E-state index contributed by atoms with van der Waals surface area (Å²) in [6.07, 6.45) is 1.79. The largest absolute Gasteiger partial charge is 0.500 e. The third-order valence-corrected chi connectivity index (χ3v) is 6.94. The van der Waals surface area contributed by atoms with Gasteiger partial charge in [0.1, 0.15) is 11.4 Å². The van der Waals surface area contributed by atoms with E-state index in [0.29, 0.717) is 28.2 Å². The zero-order valence-electron chi connectivity index (χ0n) is 23.0. The van der Waals surface area contributed by atoms with E-state index in [1.54, 1.807) is 12.3 Å². The third-order valence-electron chi connectivity index (χ3n) is 6.94. The van der Waals surface area contributed by atoms with Crippen molar-refractivity contribution in [3.05, 3.63) is 145 Å². The number of aromatic nitrogens is 4. The number of hydrogen-bond acceptors (Lipinski definition) is 4. The van der Waals surface area contributed by atoms with Crippen molar-refractivity contribution in [3.63, 3.8) is 0 Å². The Hall–Kier alpha value is -4.97. The van der Waals surface area contributed by atoms with E-state index in [1.807, 2.05) is 104 Å². The molecule has 0 unspecified atom stereocenters. The van der Waals surface area contributed by atoms with Crippen LogP contribution in [0.25, 0.3) is 61.4 Å². The topological polar surface area (TPSA) is 56.7 Å². The van der Waals surface area contributed by atoms with Gasteiger partial charge in [0.25, 0.3) is 0 Å². The molecular weight excluding hydrogens is 716 g/mol. The second kappa shape index (κ2) is 12.1. The van der Waals surface area contributed by atoms with E-state index in [4.69, 9.17) is 9.40 Å². The fourth-order valence-corrected chi connectivity index (χ4v) is 5.02.